The molecule has 1 aliphatic rings. The number of aromatic nitrogens is 2. The standard InChI is InChI=1S/C27H31N3O3/c31-26(30-19-9-15-23(20-30)27(32)22-13-5-2-6-14-22)18-17-25-29-28-24(33-25)16-8-7-12-21-10-3-1-4-11-21/h1-6,10-11,13-14,23H,7-9,12,15-20H2/t23-/m1/s1. The normalized spacial score (nSPS) is 16.0. The van der Waals surface area contributed by atoms with Crippen LogP contribution in [0.3, 0.4) is 0 Å². The van der Waals surface area contributed by atoms with Gasteiger partial charge in [0.1, 0.15) is 0 Å². The minimum atomic E-state index is -0.129. The summed E-state index contributed by atoms with van der Waals surface area (Å²) < 4.78 is 5.74. The van der Waals surface area contributed by atoms with Crippen molar-refractivity contribution in [3.8, 4) is 0 Å². The van der Waals surface area contributed by atoms with E-state index in [1.807, 2.05) is 41.3 Å². The molecule has 1 aromatic heterocycles. The van der Waals surface area contributed by atoms with Crippen molar-refractivity contribution in [1.29, 1.82) is 0 Å². The molecule has 0 N–H and O–H groups in total. The van der Waals surface area contributed by atoms with Crippen molar-refractivity contribution in [1.82, 2.24) is 15.1 Å². The number of ketones is 1. The van der Waals surface area contributed by atoms with Crippen molar-refractivity contribution < 1.29 is 14.0 Å². The van der Waals surface area contributed by atoms with Gasteiger partial charge in [0.2, 0.25) is 17.7 Å². The average molecular weight is 446 g/mol. The van der Waals surface area contributed by atoms with Gasteiger partial charge in [-0.2, -0.15) is 0 Å². The van der Waals surface area contributed by atoms with Gasteiger partial charge in [0.15, 0.2) is 5.78 Å². The van der Waals surface area contributed by atoms with Gasteiger partial charge < -0.3 is 9.32 Å². The summed E-state index contributed by atoms with van der Waals surface area (Å²) in [7, 11) is 0. The number of carbonyl (C=O) groups excluding carboxylic acids is 2. The van der Waals surface area contributed by atoms with Crippen LogP contribution in [0.25, 0.3) is 0 Å². The topological polar surface area (TPSA) is 76.3 Å². The number of carbonyl (C=O) groups is 2. The van der Waals surface area contributed by atoms with Crippen molar-refractivity contribution in [2.75, 3.05) is 13.1 Å². The van der Waals surface area contributed by atoms with Gasteiger partial charge >= 0.3 is 0 Å². The number of nitrogens with zero attached hydrogens (tertiary/aromatic N) is 3. The number of unbranched alkanes of at least 4 members (excludes halogenated alkanes) is 1. The molecule has 6 heteroatoms. The van der Waals surface area contributed by atoms with Crippen LogP contribution in [0.4, 0.5) is 0 Å². The van der Waals surface area contributed by atoms with E-state index in [2.05, 4.69) is 34.5 Å². The quantitative estimate of drug-likeness (QED) is 0.334. The fraction of sp³-hybridized carbons (Fsp3) is 0.407. The summed E-state index contributed by atoms with van der Waals surface area (Å²) >= 11 is 0. The van der Waals surface area contributed by atoms with Gasteiger partial charge in [0.05, 0.1) is 0 Å². The molecule has 2 aromatic carbocycles. The van der Waals surface area contributed by atoms with Crippen molar-refractivity contribution >= 4 is 11.7 Å². The maximum Gasteiger partial charge on any atom is 0.223 e. The highest BCUT2D eigenvalue weighted by molar-refractivity contribution is 5.98. The highest BCUT2D eigenvalue weighted by Gasteiger charge is 2.29. The second-order valence-corrected chi connectivity index (χ2v) is 8.69. The number of piperidine rings is 1. The molecular weight excluding hydrogens is 414 g/mol. The molecule has 0 saturated carbocycles. The van der Waals surface area contributed by atoms with Gasteiger partial charge in [-0.1, -0.05) is 60.7 Å². The van der Waals surface area contributed by atoms with E-state index < -0.39 is 0 Å². The van der Waals surface area contributed by atoms with Crippen molar-refractivity contribution in [3.63, 3.8) is 0 Å². The Morgan fingerprint density at radius 3 is 2.30 bits per heavy atom. The Kier molecular flexibility index (Phi) is 8.01. The minimum absolute atomic E-state index is 0.0446. The van der Waals surface area contributed by atoms with E-state index in [4.69, 9.17) is 4.42 Å². The molecule has 0 bridgehead atoms. The van der Waals surface area contributed by atoms with E-state index in [9.17, 15) is 9.59 Å². The lowest BCUT2D eigenvalue weighted by atomic mass is 9.90. The van der Waals surface area contributed by atoms with Crippen LogP contribution >= 0.6 is 0 Å². The van der Waals surface area contributed by atoms with E-state index in [1.54, 1.807) is 0 Å². The molecule has 0 aliphatic carbocycles. The molecule has 172 valence electrons. The number of hydrogen-bond acceptors (Lipinski definition) is 5. The zero-order chi connectivity index (χ0) is 22.9. The molecule has 3 aromatic rings. The third-order valence-electron chi connectivity index (χ3n) is 6.21. The minimum Gasteiger partial charge on any atom is -0.425 e. The Hall–Kier alpha value is -3.28. The van der Waals surface area contributed by atoms with Crippen LogP contribution < -0.4 is 0 Å². The molecule has 1 fully saturated rings. The first-order valence-corrected chi connectivity index (χ1v) is 11.9. The number of aryl methyl sites for hydroxylation is 3. The first-order valence-electron chi connectivity index (χ1n) is 11.9. The van der Waals surface area contributed by atoms with E-state index in [1.165, 1.54) is 5.56 Å². The highest BCUT2D eigenvalue weighted by Crippen LogP contribution is 2.22. The number of benzene rings is 2. The smallest absolute Gasteiger partial charge is 0.223 e. The summed E-state index contributed by atoms with van der Waals surface area (Å²) in [6.07, 6.45) is 6.28. The van der Waals surface area contributed by atoms with Gasteiger partial charge in [0, 0.05) is 43.8 Å². The number of rotatable bonds is 10. The first-order chi connectivity index (χ1) is 16.2. The summed E-state index contributed by atoms with van der Waals surface area (Å²) in [6, 6.07) is 19.8. The van der Waals surface area contributed by atoms with Crippen LogP contribution in [0.15, 0.2) is 65.1 Å². The van der Waals surface area contributed by atoms with Crippen LogP contribution in [-0.4, -0.2) is 39.9 Å². The molecule has 33 heavy (non-hydrogen) atoms. The summed E-state index contributed by atoms with van der Waals surface area (Å²) in [5.41, 5.74) is 2.06. The van der Waals surface area contributed by atoms with Crippen LogP contribution in [-0.2, 0) is 24.1 Å². The third-order valence-corrected chi connectivity index (χ3v) is 6.21. The number of likely N-dealkylation sites (tertiary alicyclic amines) is 1. The maximum absolute atomic E-state index is 12.8. The van der Waals surface area contributed by atoms with Crippen molar-refractivity contribution in [2.45, 2.75) is 51.4 Å². The Bertz CT molecular complexity index is 1030. The second-order valence-electron chi connectivity index (χ2n) is 8.69. The van der Waals surface area contributed by atoms with Gasteiger partial charge in [-0.25, -0.2) is 0 Å². The van der Waals surface area contributed by atoms with E-state index in [-0.39, 0.29) is 17.6 Å². The summed E-state index contributed by atoms with van der Waals surface area (Å²) in [6.45, 7) is 1.19. The molecule has 6 nitrogen and oxygen atoms in total. The number of Topliss-reactive ketones (excluding diaryl/α,β-unsaturated/α-hetero) is 1. The molecule has 2 heterocycles. The second kappa shape index (κ2) is 11.5. The molecule has 1 amide bonds. The fourth-order valence-electron chi connectivity index (χ4n) is 4.37. The Morgan fingerprint density at radius 2 is 1.55 bits per heavy atom. The number of amides is 1. The largest absolute Gasteiger partial charge is 0.425 e. The summed E-state index contributed by atoms with van der Waals surface area (Å²) in [5, 5.41) is 8.25. The molecule has 0 unspecified atom stereocenters. The summed E-state index contributed by atoms with van der Waals surface area (Å²) in [5.74, 6) is 1.19. The van der Waals surface area contributed by atoms with Crippen molar-refractivity contribution in [2.24, 2.45) is 5.92 Å². The molecule has 1 atom stereocenters. The summed E-state index contributed by atoms with van der Waals surface area (Å²) in [4.78, 5) is 27.3. The SMILES string of the molecule is O=C(c1ccccc1)[C@@H]1CCCN(C(=O)CCc2nnc(CCCCc3ccccc3)o2)C1. The lowest BCUT2D eigenvalue weighted by Gasteiger charge is -2.32. The average Bonchev–Trinajstić information content (AvgIpc) is 3.33. The Labute approximate surface area is 195 Å². The molecule has 1 saturated heterocycles. The lowest BCUT2D eigenvalue weighted by Crippen LogP contribution is -2.42. The van der Waals surface area contributed by atoms with Crippen LogP contribution in [0, 0.1) is 5.92 Å². The monoisotopic (exact) mass is 445 g/mol. The molecular formula is C27H31N3O3. The number of hydrogen-bond donors (Lipinski definition) is 0. The lowest BCUT2D eigenvalue weighted by molar-refractivity contribution is -0.132. The van der Waals surface area contributed by atoms with Crippen LogP contribution in [0.1, 0.15) is 59.8 Å². The zero-order valence-electron chi connectivity index (χ0n) is 19.0. The fourth-order valence-corrected chi connectivity index (χ4v) is 4.37. The molecule has 0 radical (unpaired) electrons. The van der Waals surface area contributed by atoms with E-state index in [0.717, 1.165) is 44.1 Å². The third kappa shape index (κ3) is 6.60. The van der Waals surface area contributed by atoms with E-state index >= 15 is 0 Å². The van der Waals surface area contributed by atoms with Gasteiger partial charge in [0.25, 0.3) is 0 Å². The Balaban J connectivity index is 1.19. The maximum atomic E-state index is 12.8. The van der Waals surface area contributed by atoms with Crippen LogP contribution in [0.2, 0.25) is 0 Å². The predicted octanol–water partition coefficient (Wildman–Crippen LogP) is 4.69. The Morgan fingerprint density at radius 1 is 0.879 bits per heavy atom. The molecule has 0 spiro atoms. The van der Waals surface area contributed by atoms with Gasteiger partial charge in [-0.05, 0) is 37.7 Å². The van der Waals surface area contributed by atoms with Gasteiger partial charge in [-0.15, -0.1) is 10.2 Å². The van der Waals surface area contributed by atoms with E-state index in [0.29, 0.717) is 37.7 Å². The predicted molar refractivity (Wildman–Crippen MR) is 126 cm³/mol. The van der Waals surface area contributed by atoms with Crippen LogP contribution in [0.5, 0.6) is 0 Å². The first kappa shape index (κ1) is 22.9. The highest BCUT2D eigenvalue weighted by atomic mass is 16.4. The zero-order valence-corrected chi connectivity index (χ0v) is 19.0. The van der Waals surface area contributed by atoms with Gasteiger partial charge in [-0.3, -0.25) is 9.59 Å². The van der Waals surface area contributed by atoms with Crippen molar-refractivity contribution in [3.05, 3.63) is 83.6 Å². The molecule has 1 aliphatic heterocycles. The molecule has 4 rings (SSSR count).